The number of nitrogens with zero attached hydrogens (tertiary/aromatic N) is 1. The molecule has 0 radical (unpaired) electrons. The van der Waals surface area contributed by atoms with E-state index in [1.165, 1.54) is 126 Å². The SMILES string of the molecule is CC1(C)c2ccccc2-c2cccc(-c3ccccc3-c3ccc(N(c4ccc(-c5ccc6c(c5)C(C)(c5ccccc5)c5ccccc5-6)cc4)c4ccccc4-c4cccc5sc6c7ccccc7ccc6c45)cc3)c21. The van der Waals surface area contributed by atoms with Crippen molar-refractivity contribution in [1.29, 1.82) is 0 Å². The van der Waals surface area contributed by atoms with Gasteiger partial charge in [0, 0.05) is 47.9 Å². The molecule has 0 bridgehead atoms. The van der Waals surface area contributed by atoms with E-state index in [4.69, 9.17) is 0 Å². The van der Waals surface area contributed by atoms with Crippen LogP contribution in [0.4, 0.5) is 17.1 Å². The van der Waals surface area contributed by atoms with Crippen molar-refractivity contribution in [3.8, 4) is 66.8 Å². The maximum Gasteiger partial charge on any atom is 0.0540 e. The monoisotopic (exact) mass is 999 g/mol. The molecule has 0 N–H and O–H groups in total. The highest BCUT2D eigenvalue weighted by Crippen LogP contribution is 2.55. The van der Waals surface area contributed by atoms with Crippen molar-refractivity contribution in [3.05, 3.63) is 295 Å². The average molecular weight is 1000 g/mol. The summed E-state index contributed by atoms with van der Waals surface area (Å²) < 4.78 is 2.62. The molecule has 0 fully saturated rings. The second-order valence-corrected chi connectivity index (χ2v) is 22.7. The van der Waals surface area contributed by atoms with Crippen LogP contribution in [0.25, 0.3) is 97.7 Å². The third-order valence-corrected chi connectivity index (χ3v) is 18.4. The summed E-state index contributed by atoms with van der Waals surface area (Å²) in [5, 5.41) is 5.17. The Labute approximate surface area is 454 Å². The van der Waals surface area contributed by atoms with E-state index in [0.717, 1.165) is 17.1 Å². The van der Waals surface area contributed by atoms with Crippen molar-refractivity contribution >= 4 is 59.3 Å². The topological polar surface area (TPSA) is 3.24 Å². The van der Waals surface area contributed by atoms with Crippen LogP contribution in [0.15, 0.2) is 267 Å². The molecule has 0 spiro atoms. The van der Waals surface area contributed by atoms with Gasteiger partial charge >= 0.3 is 0 Å². The van der Waals surface area contributed by atoms with Crippen LogP contribution >= 0.6 is 11.3 Å². The molecule has 1 heterocycles. The highest BCUT2D eigenvalue weighted by molar-refractivity contribution is 7.26. The van der Waals surface area contributed by atoms with Gasteiger partial charge in [-0.15, -0.1) is 11.3 Å². The summed E-state index contributed by atoms with van der Waals surface area (Å²) in [7, 11) is 0. The summed E-state index contributed by atoms with van der Waals surface area (Å²) in [4.78, 5) is 2.47. The zero-order chi connectivity index (χ0) is 51.4. The van der Waals surface area contributed by atoms with Gasteiger partial charge in [-0.1, -0.05) is 238 Å². The van der Waals surface area contributed by atoms with E-state index >= 15 is 0 Å². The minimum absolute atomic E-state index is 0.133. The molecule has 0 saturated heterocycles. The first-order valence-corrected chi connectivity index (χ1v) is 27.7. The molecule has 0 amide bonds. The van der Waals surface area contributed by atoms with E-state index in [2.05, 4.69) is 293 Å². The van der Waals surface area contributed by atoms with Crippen LogP contribution in [0.1, 0.15) is 48.6 Å². The fourth-order valence-corrected chi connectivity index (χ4v) is 14.8. The Kier molecular flexibility index (Phi) is 10.3. The highest BCUT2D eigenvalue weighted by atomic mass is 32.1. The first-order valence-electron chi connectivity index (χ1n) is 26.9. The lowest BCUT2D eigenvalue weighted by molar-refractivity contribution is 0.662. The lowest BCUT2D eigenvalue weighted by Gasteiger charge is -2.29. The molecule has 1 atom stereocenters. The average Bonchev–Trinajstić information content (AvgIpc) is 4.24. The quantitative estimate of drug-likeness (QED) is 0.147. The summed E-state index contributed by atoms with van der Waals surface area (Å²) in [5.41, 5.74) is 24.7. The predicted octanol–water partition coefficient (Wildman–Crippen LogP) is 21.0. The van der Waals surface area contributed by atoms with Crippen molar-refractivity contribution in [1.82, 2.24) is 0 Å². The van der Waals surface area contributed by atoms with Gasteiger partial charge in [-0.05, 0) is 149 Å². The molecule has 15 rings (SSSR count). The van der Waals surface area contributed by atoms with E-state index < -0.39 is 0 Å². The highest BCUT2D eigenvalue weighted by Gasteiger charge is 2.41. The van der Waals surface area contributed by atoms with E-state index in [1.54, 1.807) is 0 Å². The molecule has 2 aliphatic rings. The molecule has 2 aliphatic carbocycles. The van der Waals surface area contributed by atoms with Gasteiger partial charge in [0.1, 0.15) is 0 Å². The van der Waals surface area contributed by atoms with Gasteiger partial charge in [0.15, 0.2) is 0 Å². The van der Waals surface area contributed by atoms with Gasteiger partial charge in [-0.25, -0.2) is 0 Å². The van der Waals surface area contributed by atoms with Gasteiger partial charge < -0.3 is 4.90 Å². The number of hydrogen-bond donors (Lipinski definition) is 0. The van der Waals surface area contributed by atoms with Crippen LogP contribution in [0.2, 0.25) is 0 Å². The Morgan fingerprint density at radius 3 is 1.65 bits per heavy atom. The molecule has 1 nitrogen and oxygen atoms in total. The van der Waals surface area contributed by atoms with Gasteiger partial charge in [0.2, 0.25) is 0 Å². The van der Waals surface area contributed by atoms with Gasteiger partial charge in [0.25, 0.3) is 0 Å². The largest absolute Gasteiger partial charge is 0.310 e. The van der Waals surface area contributed by atoms with Crippen molar-refractivity contribution in [3.63, 3.8) is 0 Å². The minimum atomic E-state index is -0.274. The van der Waals surface area contributed by atoms with Crippen LogP contribution in [0, 0.1) is 0 Å². The second kappa shape index (κ2) is 17.5. The first-order chi connectivity index (χ1) is 37.8. The normalized spacial score (nSPS) is 14.8. The standard InChI is InChI=1S/C75H53NS/c1-74(2)66-31-14-11-26-59(66)64-30-17-29-63(72(64)74)57-24-10-9-22-55(57)50-37-43-54(44-38-50)76(69-33-16-13-27-61(69)62-28-18-34-70-71(62)65-46-39-49-19-7-8-23-56(49)73(65)77-70)53-41-35-48(36-42-53)51-40-45-60-58-25-12-15-32-67(58)75(3,68(60)47-51)52-20-5-4-6-21-52/h4-47H,1-3H3. The number of para-hydroxylation sites is 1. The minimum Gasteiger partial charge on any atom is -0.310 e. The fourth-order valence-electron chi connectivity index (χ4n) is 13.5. The molecule has 2 heteroatoms. The van der Waals surface area contributed by atoms with Crippen LogP contribution in [-0.4, -0.2) is 0 Å². The number of rotatable bonds is 8. The Bertz CT molecular complexity index is 4480. The molecule has 0 aliphatic heterocycles. The predicted molar refractivity (Wildman–Crippen MR) is 328 cm³/mol. The van der Waals surface area contributed by atoms with Crippen LogP contribution < -0.4 is 4.90 Å². The smallest absolute Gasteiger partial charge is 0.0540 e. The summed E-state index contributed by atoms with van der Waals surface area (Å²) in [5.74, 6) is 0. The molecular weight excluding hydrogens is 947 g/mol. The first kappa shape index (κ1) is 45.3. The number of benzene rings is 12. The maximum atomic E-state index is 2.47. The van der Waals surface area contributed by atoms with Crippen molar-refractivity contribution < 1.29 is 0 Å². The van der Waals surface area contributed by atoms with Gasteiger partial charge in [-0.3, -0.25) is 0 Å². The molecule has 1 unspecified atom stereocenters. The third kappa shape index (κ3) is 6.92. The number of thiophene rings is 1. The fraction of sp³-hybridized carbons (Fsp3) is 0.0667. The number of anilines is 3. The lowest BCUT2D eigenvalue weighted by atomic mass is 9.74. The Morgan fingerprint density at radius 1 is 0.338 bits per heavy atom. The zero-order valence-electron chi connectivity index (χ0n) is 43.3. The Hall–Kier alpha value is -9.08. The summed E-state index contributed by atoms with van der Waals surface area (Å²) in [6.07, 6.45) is 0. The van der Waals surface area contributed by atoms with E-state index in [-0.39, 0.29) is 10.8 Å². The maximum absolute atomic E-state index is 2.47. The Morgan fingerprint density at radius 2 is 0.883 bits per heavy atom. The van der Waals surface area contributed by atoms with Crippen molar-refractivity contribution in [2.24, 2.45) is 0 Å². The molecular formula is C75H53NS. The van der Waals surface area contributed by atoms with E-state index in [0.29, 0.717) is 0 Å². The van der Waals surface area contributed by atoms with E-state index in [9.17, 15) is 0 Å². The van der Waals surface area contributed by atoms with Crippen LogP contribution in [0.3, 0.4) is 0 Å². The third-order valence-electron chi connectivity index (χ3n) is 17.2. The van der Waals surface area contributed by atoms with E-state index in [1.807, 2.05) is 11.3 Å². The molecule has 0 saturated carbocycles. The molecule has 364 valence electrons. The van der Waals surface area contributed by atoms with Gasteiger partial charge in [0.05, 0.1) is 5.69 Å². The molecule has 77 heavy (non-hydrogen) atoms. The lowest BCUT2D eigenvalue weighted by Crippen LogP contribution is -2.22. The summed E-state index contributed by atoms with van der Waals surface area (Å²) in [6.45, 7) is 7.16. The molecule has 13 aromatic rings. The zero-order valence-corrected chi connectivity index (χ0v) is 44.1. The summed E-state index contributed by atoms with van der Waals surface area (Å²) in [6, 6.07) is 99.6. The van der Waals surface area contributed by atoms with Crippen molar-refractivity contribution in [2.45, 2.75) is 31.6 Å². The summed E-state index contributed by atoms with van der Waals surface area (Å²) >= 11 is 1.90. The number of hydrogen-bond acceptors (Lipinski definition) is 2. The van der Waals surface area contributed by atoms with Crippen LogP contribution in [-0.2, 0) is 10.8 Å². The number of fused-ring (bicyclic) bond motifs is 11. The van der Waals surface area contributed by atoms with Crippen LogP contribution in [0.5, 0.6) is 0 Å². The molecule has 1 aromatic heterocycles. The Balaban J connectivity index is 0.870. The molecule has 12 aromatic carbocycles. The second-order valence-electron chi connectivity index (χ2n) is 21.6. The van der Waals surface area contributed by atoms with Crippen molar-refractivity contribution in [2.75, 3.05) is 4.90 Å². The van der Waals surface area contributed by atoms with Gasteiger partial charge in [-0.2, -0.15) is 0 Å².